The van der Waals surface area contributed by atoms with E-state index in [-0.39, 0.29) is 0 Å². The summed E-state index contributed by atoms with van der Waals surface area (Å²) in [6.07, 6.45) is 0. The Labute approximate surface area is 132 Å². The van der Waals surface area contributed by atoms with Crippen molar-refractivity contribution in [1.82, 2.24) is 10.3 Å². The summed E-state index contributed by atoms with van der Waals surface area (Å²) < 4.78 is 0. The van der Waals surface area contributed by atoms with Gasteiger partial charge in [0, 0.05) is 25.8 Å². The standard InChI is InChI=1S/C17H25N3S/c1-13(2)9-18-10-16-5-6-17(19-14(16)3)20(4)11-15-7-8-21-12-15/h5-8,12-13,18H,9-11H2,1-4H3. The quantitative estimate of drug-likeness (QED) is 0.842. The summed E-state index contributed by atoms with van der Waals surface area (Å²) in [5.41, 5.74) is 3.73. The first-order valence-corrected chi connectivity index (χ1v) is 8.40. The van der Waals surface area contributed by atoms with Crippen LogP contribution in [0.1, 0.15) is 30.7 Å². The predicted molar refractivity (Wildman–Crippen MR) is 91.9 cm³/mol. The van der Waals surface area contributed by atoms with Crippen LogP contribution in [0.3, 0.4) is 0 Å². The number of hydrogen-bond donors (Lipinski definition) is 1. The number of hydrogen-bond acceptors (Lipinski definition) is 4. The van der Waals surface area contributed by atoms with Crippen LogP contribution in [0, 0.1) is 12.8 Å². The second-order valence-corrected chi connectivity index (χ2v) is 6.71. The molecule has 2 heterocycles. The Hall–Kier alpha value is -1.39. The summed E-state index contributed by atoms with van der Waals surface area (Å²) in [7, 11) is 2.09. The highest BCUT2D eigenvalue weighted by Crippen LogP contribution is 2.17. The van der Waals surface area contributed by atoms with Gasteiger partial charge in [-0.1, -0.05) is 19.9 Å². The molecule has 0 aromatic carbocycles. The van der Waals surface area contributed by atoms with Gasteiger partial charge >= 0.3 is 0 Å². The Morgan fingerprint density at radius 3 is 2.71 bits per heavy atom. The van der Waals surface area contributed by atoms with Gasteiger partial charge in [0.1, 0.15) is 5.82 Å². The second kappa shape index (κ2) is 7.57. The molecule has 21 heavy (non-hydrogen) atoms. The molecule has 0 aliphatic carbocycles. The maximum atomic E-state index is 4.74. The van der Waals surface area contributed by atoms with Gasteiger partial charge in [0.05, 0.1) is 0 Å². The summed E-state index contributed by atoms with van der Waals surface area (Å²) in [6.45, 7) is 9.38. The van der Waals surface area contributed by atoms with Crippen molar-refractivity contribution >= 4 is 17.2 Å². The molecule has 1 N–H and O–H groups in total. The van der Waals surface area contributed by atoms with Crippen LogP contribution in [0.2, 0.25) is 0 Å². The molecule has 0 amide bonds. The Morgan fingerprint density at radius 2 is 2.10 bits per heavy atom. The molecule has 2 aromatic rings. The van der Waals surface area contributed by atoms with Crippen molar-refractivity contribution in [2.24, 2.45) is 5.92 Å². The van der Waals surface area contributed by atoms with E-state index in [0.29, 0.717) is 5.92 Å². The Bertz CT molecular complexity index is 549. The van der Waals surface area contributed by atoms with E-state index < -0.39 is 0 Å². The molecular weight excluding hydrogens is 278 g/mol. The van der Waals surface area contributed by atoms with Gasteiger partial charge in [-0.05, 0) is 53.4 Å². The molecule has 0 saturated carbocycles. The highest BCUT2D eigenvalue weighted by molar-refractivity contribution is 7.07. The molecule has 0 saturated heterocycles. The minimum atomic E-state index is 0.675. The zero-order valence-corrected chi connectivity index (χ0v) is 14.2. The van der Waals surface area contributed by atoms with Gasteiger partial charge in [-0.25, -0.2) is 4.98 Å². The van der Waals surface area contributed by atoms with Crippen molar-refractivity contribution in [2.75, 3.05) is 18.5 Å². The number of nitrogens with zero attached hydrogens (tertiary/aromatic N) is 2. The average molecular weight is 303 g/mol. The van der Waals surface area contributed by atoms with E-state index >= 15 is 0 Å². The molecule has 114 valence electrons. The number of thiophene rings is 1. The Kier molecular flexibility index (Phi) is 5.76. The van der Waals surface area contributed by atoms with E-state index in [1.165, 1.54) is 11.1 Å². The predicted octanol–water partition coefficient (Wildman–Crippen LogP) is 3.83. The summed E-state index contributed by atoms with van der Waals surface area (Å²) >= 11 is 1.74. The lowest BCUT2D eigenvalue weighted by atomic mass is 10.1. The highest BCUT2D eigenvalue weighted by Gasteiger charge is 2.07. The molecule has 0 bridgehead atoms. The van der Waals surface area contributed by atoms with Gasteiger partial charge in [0.25, 0.3) is 0 Å². The van der Waals surface area contributed by atoms with E-state index in [9.17, 15) is 0 Å². The Morgan fingerprint density at radius 1 is 1.29 bits per heavy atom. The normalized spacial score (nSPS) is 11.1. The molecule has 2 rings (SSSR count). The number of pyridine rings is 1. The van der Waals surface area contributed by atoms with Crippen molar-refractivity contribution in [3.63, 3.8) is 0 Å². The summed E-state index contributed by atoms with van der Waals surface area (Å²) in [6, 6.07) is 6.47. The van der Waals surface area contributed by atoms with Crippen molar-refractivity contribution in [2.45, 2.75) is 33.9 Å². The van der Waals surface area contributed by atoms with Crippen molar-refractivity contribution in [3.05, 3.63) is 45.8 Å². The van der Waals surface area contributed by atoms with Crippen LogP contribution in [-0.4, -0.2) is 18.6 Å². The fraction of sp³-hybridized carbons (Fsp3) is 0.471. The van der Waals surface area contributed by atoms with E-state index in [1.807, 2.05) is 0 Å². The zero-order chi connectivity index (χ0) is 15.2. The van der Waals surface area contributed by atoms with Gasteiger partial charge in [0.2, 0.25) is 0 Å². The van der Waals surface area contributed by atoms with Crippen molar-refractivity contribution in [3.8, 4) is 0 Å². The number of aromatic nitrogens is 1. The number of anilines is 1. The third-order valence-electron chi connectivity index (χ3n) is 3.44. The van der Waals surface area contributed by atoms with Gasteiger partial charge in [-0.3, -0.25) is 0 Å². The lowest BCUT2D eigenvalue weighted by molar-refractivity contribution is 0.551. The minimum Gasteiger partial charge on any atom is -0.355 e. The van der Waals surface area contributed by atoms with Gasteiger partial charge < -0.3 is 10.2 Å². The van der Waals surface area contributed by atoms with E-state index in [1.54, 1.807) is 11.3 Å². The second-order valence-electron chi connectivity index (χ2n) is 5.93. The molecule has 0 unspecified atom stereocenters. The van der Waals surface area contributed by atoms with Crippen LogP contribution in [-0.2, 0) is 13.1 Å². The largest absolute Gasteiger partial charge is 0.355 e. The molecule has 0 aliphatic heterocycles. The molecule has 2 aromatic heterocycles. The molecule has 0 spiro atoms. The van der Waals surface area contributed by atoms with Crippen LogP contribution >= 0.6 is 11.3 Å². The third kappa shape index (κ3) is 4.83. The van der Waals surface area contributed by atoms with Crippen LogP contribution < -0.4 is 10.2 Å². The maximum absolute atomic E-state index is 4.74. The van der Waals surface area contributed by atoms with Crippen LogP contribution in [0.25, 0.3) is 0 Å². The molecule has 0 radical (unpaired) electrons. The topological polar surface area (TPSA) is 28.2 Å². The zero-order valence-electron chi connectivity index (χ0n) is 13.4. The summed E-state index contributed by atoms with van der Waals surface area (Å²) in [4.78, 5) is 6.94. The summed E-state index contributed by atoms with van der Waals surface area (Å²) in [5.74, 6) is 1.71. The molecule has 4 heteroatoms. The highest BCUT2D eigenvalue weighted by atomic mass is 32.1. The fourth-order valence-corrected chi connectivity index (χ4v) is 2.87. The monoisotopic (exact) mass is 303 g/mol. The third-order valence-corrected chi connectivity index (χ3v) is 4.17. The molecule has 0 aliphatic rings. The molecule has 3 nitrogen and oxygen atoms in total. The fourth-order valence-electron chi connectivity index (χ4n) is 2.21. The summed E-state index contributed by atoms with van der Waals surface area (Å²) in [5, 5.41) is 7.78. The Balaban J connectivity index is 1.97. The van der Waals surface area contributed by atoms with E-state index in [4.69, 9.17) is 4.98 Å². The first-order valence-electron chi connectivity index (χ1n) is 7.45. The van der Waals surface area contributed by atoms with Crippen molar-refractivity contribution in [1.29, 1.82) is 0 Å². The number of nitrogens with one attached hydrogen (secondary N) is 1. The van der Waals surface area contributed by atoms with Gasteiger partial charge in [-0.2, -0.15) is 11.3 Å². The first-order chi connectivity index (χ1) is 10.1. The van der Waals surface area contributed by atoms with Crippen LogP contribution in [0.15, 0.2) is 29.0 Å². The molecule has 0 atom stereocenters. The van der Waals surface area contributed by atoms with Gasteiger partial charge in [-0.15, -0.1) is 0 Å². The van der Waals surface area contributed by atoms with Crippen molar-refractivity contribution < 1.29 is 0 Å². The first kappa shape index (κ1) is 16.0. The maximum Gasteiger partial charge on any atom is 0.128 e. The average Bonchev–Trinajstić information content (AvgIpc) is 2.93. The van der Waals surface area contributed by atoms with Crippen LogP contribution in [0.4, 0.5) is 5.82 Å². The van der Waals surface area contributed by atoms with Gasteiger partial charge in [0.15, 0.2) is 0 Å². The number of rotatable bonds is 7. The lowest BCUT2D eigenvalue weighted by Crippen LogP contribution is -2.21. The molecule has 0 fully saturated rings. The molecular formula is C17H25N3S. The SMILES string of the molecule is Cc1nc(N(C)Cc2ccsc2)ccc1CNCC(C)C. The smallest absolute Gasteiger partial charge is 0.128 e. The lowest BCUT2D eigenvalue weighted by Gasteiger charge is -2.19. The minimum absolute atomic E-state index is 0.675. The van der Waals surface area contributed by atoms with E-state index in [0.717, 1.165) is 31.1 Å². The van der Waals surface area contributed by atoms with Crippen LogP contribution in [0.5, 0.6) is 0 Å². The van der Waals surface area contributed by atoms with E-state index in [2.05, 4.69) is 67.0 Å². The number of aryl methyl sites for hydroxylation is 1.